The van der Waals surface area contributed by atoms with Crippen LogP contribution in [0.15, 0.2) is 41.9 Å². The number of nitrogens with zero attached hydrogens (tertiary/aromatic N) is 3. The molecule has 0 fully saturated rings. The van der Waals surface area contributed by atoms with Crippen LogP contribution in [0.1, 0.15) is 12.5 Å². The fraction of sp³-hybridized carbons (Fsp3) is 0.312. The molecule has 6 nitrogen and oxygen atoms in total. The number of amidine groups is 1. The Kier molecular flexibility index (Phi) is 2.79. The molecule has 4 rings (SSSR count). The summed E-state index contributed by atoms with van der Waals surface area (Å²) in [5.74, 6) is 0.871. The van der Waals surface area contributed by atoms with Crippen molar-refractivity contribution in [1.82, 2.24) is 9.97 Å². The second kappa shape index (κ2) is 4.69. The van der Waals surface area contributed by atoms with Gasteiger partial charge in [0.05, 0.1) is 0 Å². The van der Waals surface area contributed by atoms with Gasteiger partial charge in [-0.25, -0.2) is 15.0 Å². The molecule has 2 aromatic rings. The van der Waals surface area contributed by atoms with E-state index in [0.717, 1.165) is 28.9 Å². The summed E-state index contributed by atoms with van der Waals surface area (Å²) >= 11 is 0. The van der Waals surface area contributed by atoms with Crippen molar-refractivity contribution in [2.45, 2.75) is 25.0 Å². The van der Waals surface area contributed by atoms with Crippen LogP contribution in [0.4, 0.5) is 0 Å². The summed E-state index contributed by atoms with van der Waals surface area (Å²) in [6.45, 7) is 2.43. The van der Waals surface area contributed by atoms with E-state index in [-0.39, 0.29) is 12.1 Å². The third-order valence-electron chi connectivity index (χ3n) is 4.32. The summed E-state index contributed by atoms with van der Waals surface area (Å²) in [4.78, 5) is 12.6. The van der Waals surface area contributed by atoms with Crippen LogP contribution in [-0.2, 0) is 11.2 Å². The Labute approximate surface area is 128 Å². The highest BCUT2D eigenvalue weighted by Gasteiger charge is 2.47. The predicted octanol–water partition coefficient (Wildman–Crippen LogP) is 1.55. The molecule has 0 saturated heterocycles. The molecule has 3 heterocycles. The lowest BCUT2D eigenvalue weighted by atomic mass is 9.84. The first-order valence-electron chi connectivity index (χ1n) is 7.20. The van der Waals surface area contributed by atoms with Crippen molar-refractivity contribution in [3.8, 4) is 16.9 Å². The van der Waals surface area contributed by atoms with Crippen molar-refractivity contribution in [3.05, 3.63) is 42.5 Å². The largest absolute Gasteiger partial charge is 0.490 e. The van der Waals surface area contributed by atoms with E-state index in [1.807, 2.05) is 19.1 Å². The van der Waals surface area contributed by atoms with Crippen molar-refractivity contribution < 1.29 is 9.47 Å². The quantitative estimate of drug-likeness (QED) is 0.863. The average molecular weight is 296 g/mol. The fourth-order valence-corrected chi connectivity index (χ4v) is 3.10. The molecule has 1 aromatic carbocycles. The molecule has 1 aromatic heterocycles. The number of aromatic nitrogens is 2. The summed E-state index contributed by atoms with van der Waals surface area (Å²) in [5.41, 5.74) is 8.33. The van der Waals surface area contributed by atoms with E-state index < -0.39 is 5.54 Å². The number of para-hydroxylation sites is 1. The first kappa shape index (κ1) is 13.1. The number of aliphatic imine (C=N–C) groups is 1. The average Bonchev–Trinajstić information content (AvgIpc) is 2.80. The molecule has 0 unspecified atom stereocenters. The van der Waals surface area contributed by atoms with Gasteiger partial charge in [0.15, 0.2) is 0 Å². The summed E-state index contributed by atoms with van der Waals surface area (Å²) in [7, 11) is 0. The normalized spacial score (nSPS) is 26.0. The van der Waals surface area contributed by atoms with E-state index in [9.17, 15) is 0 Å². The van der Waals surface area contributed by atoms with Crippen molar-refractivity contribution in [3.63, 3.8) is 0 Å². The van der Waals surface area contributed by atoms with Crippen LogP contribution in [0.3, 0.4) is 0 Å². The molecule has 22 heavy (non-hydrogen) atoms. The van der Waals surface area contributed by atoms with Crippen LogP contribution in [-0.4, -0.2) is 34.2 Å². The highest BCUT2D eigenvalue weighted by atomic mass is 16.5. The summed E-state index contributed by atoms with van der Waals surface area (Å²) in [6.07, 6.45) is 5.74. The topological polar surface area (TPSA) is 82.6 Å². The third-order valence-corrected chi connectivity index (χ3v) is 4.32. The summed E-state index contributed by atoms with van der Waals surface area (Å²) in [5, 5.41) is 0. The second-order valence-electron chi connectivity index (χ2n) is 5.70. The highest BCUT2D eigenvalue weighted by molar-refractivity contribution is 5.75. The van der Waals surface area contributed by atoms with Gasteiger partial charge in [0, 0.05) is 29.9 Å². The second-order valence-corrected chi connectivity index (χ2v) is 5.70. The number of fused-ring (bicyclic) bond motifs is 1. The maximum absolute atomic E-state index is 6.07. The standard InChI is InChI=1S/C16H16N4O2/c1-10-16(20-15(17)22-10)5-11-3-2-4-13(14(11)21-8-16)12-6-18-9-19-7-12/h2-4,6-7,9-10H,5,8H2,1H3,(H2,17,20)/t10-,16-/m0/s1. The summed E-state index contributed by atoms with van der Waals surface area (Å²) in [6, 6.07) is 6.33. The van der Waals surface area contributed by atoms with E-state index in [0.29, 0.717) is 6.61 Å². The number of ether oxygens (including phenoxy) is 2. The maximum atomic E-state index is 6.07. The van der Waals surface area contributed by atoms with Crippen LogP contribution in [0, 0.1) is 0 Å². The van der Waals surface area contributed by atoms with E-state index >= 15 is 0 Å². The van der Waals surface area contributed by atoms with Gasteiger partial charge >= 0.3 is 0 Å². The van der Waals surface area contributed by atoms with E-state index in [1.165, 1.54) is 6.33 Å². The lowest BCUT2D eigenvalue weighted by Crippen LogP contribution is -2.46. The third kappa shape index (κ3) is 1.91. The minimum absolute atomic E-state index is 0.0932. The monoisotopic (exact) mass is 296 g/mol. The minimum atomic E-state index is -0.428. The molecule has 112 valence electrons. The predicted molar refractivity (Wildman–Crippen MR) is 81.6 cm³/mol. The van der Waals surface area contributed by atoms with Gasteiger partial charge in [0.25, 0.3) is 6.02 Å². The van der Waals surface area contributed by atoms with Crippen LogP contribution in [0.2, 0.25) is 0 Å². The molecule has 1 spiro atoms. The zero-order valence-corrected chi connectivity index (χ0v) is 12.2. The molecule has 0 bridgehead atoms. The van der Waals surface area contributed by atoms with E-state index in [2.05, 4.69) is 21.0 Å². The minimum Gasteiger partial charge on any atom is -0.490 e. The molecule has 0 amide bonds. The Morgan fingerprint density at radius 3 is 2.82 bits per heavy atom. The van der Waals surface area contributed by atoms with Gasteiger partial charge in [-0.2, -0.15) is 0 Å². The van der Waals surface area contributed by atoms with Crippen LogP contribution in [0.25, 0.3) is 11.1 Å². The molecule has 0 radical (unpaired) electrons. The Morgan fingerprint density at radius 2 is 2.09 bits per heavy atom. The maximum Gasteiger partial charge on any atom is 0.283 e. The SMILES string of the molecule is C[C@@H]1OC(N)=N[C@@]12COc1c(cccc1-c1cncnc1)C2. The molecule has 0 aliphatic carbocycles. The van der Waals surface area contributed by atoms with Gasteiger partial charge < -0.3 is 15.2 Å². The van der Waals surface area contributed by atoms with Crippen molar-refractivity contribution >= 4 is 6.02 Å². The lowest BCUT2D eigenvalue weighted by molar-refractivity contribution is 0.0933. The van der Waals surface area contributed by atoms with Gasteiger partial charge in [-0.15, -0.1) is 0 Å². The number of hydrogen-bond acceptors (Lipinski definition) is 6. The Morgan fingerprint density at radius 1 is 1.27 bits per heavy atom. The van der Waals surface area contributed by atoms with Gasteiger partial charge in [0.2, 0.25) is 0 Å². The number of nitrogens with two attached hydrogens (primary N) is 1. The molecule has 2 aliphatic rings. The molecule has 0 saturated carbocycles. The molecular formula is C16H16N4O2. The number of rotatable bonds is 1. The smallest absolute Gasteiger partial charge is 0.283 e. The highest BCUT2D eigenvalue weighted by Crippen LogP contribution is 2.41. The fourth-order valence-electron chi connectivity index (χ4n) is 3.10. The molecule has 2 aliphatic heterocycles. The molecule has 2 atom stereocenters. The Hall–Kier alpha value is -2.63. The first-order chi connectivity index (χ1) is 10.7. The van der Waals surface area contributed by atoms with Gasteiger partial charge in [-0.3, -0.25) is 0 Å². The zero-order valence-electron chi connectivity index (χ0n) is 12.2. The van der Waals surface area contributed by atoms with Gasteiger partial charge in [0.1, 0.15) is 30.3 Å². The molecule has 6 heteroatoms. The van der Waals surface area contributed by atoms with Gasteiger partial charge in [-0.1, -0.05) is 18.2 Å². The van der Waals surface area contributed by atoms with Crippen molar-refractivity contribution in [1.29, 1.82) is 0 Å². The van der Waals surface area contributed by atoms with Gasteiger partial charge in [-0.05, 0) is 12.5 Å². The Balaban J connectivity index is 1.76. The van der Waals surface area contributed by atoms with Crippen LogP contribution >= 0.6 is 0 Å². The molecular weight excluding hydrogens is 280 g/mol. The first-order valence-corrected chi connectivity index (χ1v) is 7.20. The van der Waals surface area contributed by atoms with Crippen molar-refractivity contribution in [2.24, 2.45) is 10.7 Å². The van der Waals surface area contributed by atoms with E-state index in [1.54, 1.807) is 12.4 Å². The molecule has 2 N–H and O–H groups in total. The number of benzene rings is 1. The zero-order chi connectivity index (χ0) is 15.2. The number of hydrogen-bond donors (Lipinski definition) is 1. The lowest BCUT2D eigenvalue weighted by Gasteiger charge is -2.34. The van der Waals surface area contributed by atoms with E-state index in [4.69, 9.17) is 15.2 Å². The summed E-state index contributed by atoms with van der Waals surface area (Å²) < 4.78 is 11.6. The van der Waals surface area contributed by atoms with Crippen LogP contribution in [0.5, 0.6) is 5.75 Å². The Bertz CT molecular complexity index is 747. The van der Waals surface area contributed by atoms with Crippen LogP contribution < -0.4 is 10.5 Å². The van der Waals surface area contributed by atoms with Crippen molar-refractivity contribution in [2.75, 3.05) is 6.61 Å².